The molecule has 1 unspecified atom stereocenters. The van der Waals surface area contributed by atoms with Crippen molar-refractivity contribution in [2.24, 2.45) is 0 Å². The van der Waals surface area contributed by atoms with Crippen LogP contribution in [0.1, 0.15) is 25.7 Å². The number of rotatable bonds is 3. The molecule has 2 fully saturated rings. The van der Waals surface area contributed by atoms with Crippen LogP contribution in [0.5, 0.6) is 0 Å². The molecule has 16 heavy (non-hydrogen) atoms. The molecule has 0 aromatic rings. The smallest absolute Gasteiger partial charge is 0.305 e. The van der Waals surface area contributed by atoms with E-state index in [1.807, 2.05) is 0 Å². The Balaban J connectivity index is 2.23. The highest BCUT2D eigenvalue weighted by Gasteiger charge is 2.48. The lowest BCUT2D eigenvalue weighted by Crippen LogP contribution is -2.49. The molecular weight excluding hydrogens is 230 g/mol. The molecule has 0 aliphatic carbocycles. The third kappa shape index (κ3) is 2.22. The molecule has 2 heterocycles. The first kappa shape index (κ1) is 11.9. The summed E-state index contributed by atoms with van der Waals surface area (Å²) in [6.45, 7) is 1.67. The van der Waals surface area contributed by atoms with Crippen molar-refractivity contribution in [3.63, 3.8) is 0 Å². The molecule has 2 saturated heterocycles. The van der Waals surface area contributed by atoms with E-state index >= 15 is 0 Å². The van der Waals surface area contributed by atoms with Crippen LogP contribution >= 0.6 is 0 Å². The largest absolute Gasteiger partial charge is 0.481 e. The Bertz CT molecular complexity index is 386. The van der Waals surface area contributed by atoms with Crippen LogP contribution in [0.2, 0.25) is 0 Å². The van der Waals surface area contributed by atoms with Crippen molar-refractivity contribution in [1.29, 1.82) is 0 Å². The van der Waals surface area contributed by atoms with Gasteiger partial charge in [0.15, 0.2) is 9.84 Å². The number of carboxylic acids is 1. The Hall–Kier alpha value is -0.620. The van der Waals surface area contributed by atoms with Crippen LogP contribution in [0.4, 0.5) is 0 Å². The Labute approximate surface area is 95.4 Å². The van der Waals surface area contributed by atoms with Gasteiger partial charge >= 0.3 is 5.97 Å². The number of hydrogen-bond acceptors (Lipinski definition) is 4. The topological polar surface area (TPSA) is 74.7 Å². The third-order valence-electron chi connectivity index (χ3n) is 3.62. The predicted molar refractivity (Wildman–Crippen MR) is 59.1 cm³/mol. The van der Waals surface area contributed by atoms with Crippen LogP contribution in [-0.4, -0.2) is 54.5 Å². The van der Waals surface area contributed by atoms with Gasteiger partial charge < -0.3 is 5.11 Å². The molecule has 0 radical (unpaired) electrons. The predicted octanol–water partition coefficient (Wildman–Crippen LogP) is 0.114. The number of carboxylic acid groups (broad SMARTS) is 1. The first-order valence-corrected chi connectivity index (χ1v) is 7.43. The van der Waals surface area contributed by atoms with Crippen molar-refractivity contribution in [3.05, 3.63) is 0 Å². The molecule has 2 rings (SSSR count). The first-order chi connectivity index (χ1) is 7.44. The van der Waals surface area contributed by atoms with Gasteiger partial charge in [-0.05, 0) is 32.4 Å². The maximum absolute atomic E-state index is 11.6. The maximum atomic E-state index is 11.6. The lowest BCUT2D eigenvalue weighted by molar-refractivity contribution is -0.139. The SMILES string of the molecule is O=C(O)CC1(N2CCCC2)CCS(=O)(=O)C1. The molecule has 1 atom stereocenters. The van der Waals surface area contributed by atoms with Gasteiger partial charge in [0.25, 0.3) is 0 Å². The molecule has 5 nitrogen and oxygen atoms in total. The number of likely N-dealkylation sites (tertiary alicyclic amines) is 1. The van der Waals surface area contributed by atoms with Gasteiger partial charge in [0.05, 0.1) is 17.9 Å². The first-order valence-electron chi connectivity index (χ1n) is 5.61. The molecule has 0 aromatic carbocycles. The van der Waals surface area contributed by atoms with Crippen molar-refractivity contribution < 1.29 is 18.3 Å². The molecule has 0 saturated carbocycles. The minimum absolute atomic E-state index is 0.0201. The van der Waals surface area contributed by atoms with Crippen LogP contribution in [-0.2, 0) is 14.6 Å². The van der Waals surface area contributed by atoms with Crippen LogP contribution in [0, 0.1) is 0 Å². The number of carbonyl (C=O) groups is 1. The number of hydrogen-bond donors (Lipinski definition) is 1. The summed E-state index contributed by atoms with van der Waals surface area (Å²) in [5.41, 5.74) is -0.624. The standard InChI is InChI=1S/C10H17NO4S/c12-9(13)7-10(11-4-1-2-5-11)3-6-16(14,15)8-10/h1-8H2,(H,12,13). The second-order valence-electron chi connectivity index (χ2n) is 4.83. The second kappa shape index (κ2) is 4.00. The Morgan fingerprint density at radius 2 is 1.94 bits per heavy atom. The quantitative estimate of drug-likeness (QED) is 0.766. The zero-order chi connectivity index (χ0) is 11.8. The molecule has 0 bridgehead atoms. The summed E-state index contributed by atoms with van der Waals surface area (Å²) in [6.07, 6.45) is 2.51. The van der Waals surface area contributed by atoms with Crippen LogP contribution in [0.3, 0.4) is 0 Å². The fourth-order valence-electron chi connectivity index (χ4n) is 2.87. The Morgan fingerprint density at radius 3 is 2.38 bits per heavy atom. The summed E-state index contributed by atoms with van der Waals surface area (Å²) in [7, 11) is -3.04. The summed E-state index contributed by atoms with van der Waals surface area (Å²) in [5.74, 6) is -0.743. The normalized spacial score (nSPS) is 34.2. The highest BCUT2D eigenvalue weighted by molar-refractivity contribution is 7.91. The van der Waals surface area contributed by atoms with E-state index in [0.29, 0.717) is 6.42 Å². The molecule has 2 aliphatic heterocycles. The Morgan fingerprint density at radius 1 is 1.31 bits per heavy atom. The zero-order valence-electron chi connectivity index (χ0n) is 9.18. The van der Waals surface area contributed by atoms with Crippen LogP contribution in [0.15, 0.2) is 0 Å². The highest BCUT2D eigenvalue weighted by atomic mass is 32.2. The van der Waals surface area contributed by atoms with E-state index in [0.717, 1.165) is 25.9 Å². The summed E-state index contributed by atoms with van der Waals surface area (Å²) in [5, 5.41) is 8.95. The Kier molecular flexibility index (Phi) is 2.96. The second-order valence-corrected chi connectivity index (χ2v) is 7.02. The van der Waals surface area contributed by atoms with Gasteiger partial charge in [-0.25, -0.2) is 8.42 Å². The van der Waals surface area contributed by atoms with E-state index in [4.69, 9.17) is 5.11 Å². The van der Waals surface area contributed by atoms with Crippen molar-refractivity contribution in [2.45, 2.75) is 31.2 Å². The number of nitrogens with zero attached hydrogens (tertiary/aromatic N) is 1. The lowest BCUT2D eigenvalue weighted by atomic mass is 9.92. The van der Waals surface area contributed by atoms with E-state index < -0.39 is 21.3 Å². The average Bonchev–Trinajstić information content (AvgIpc) is 2.72. The van der Waals surface area contributed by atoms with Crippen molar-refractivity contribution >= 4 is 15.8 Å². The molecule has 0 amide bonds. The minimum Gasteiger partial charge on any atom is -0.481 e. The van der Waals surface area contributed by atoms with Crippen LogP contribution < -0.4 is 0 Å². The monoisotopic (exact) mass is 247 g/mol. The van der Waals surface area contributed by atoms with E-state index in [2.05, 4.69) is 4.90 Å². The van der Waals surface area contributed by atoms with Crippen molar-refractivity contribution in [1.82, 2.24) is 4.90 Å². The third-order valence-corrected chi connectivity index (χ3v) is 5.43. The summed E-state index contributed by atoms with van der Waals surface area (Å²) >= 11 is 0. The number of sulfone groups is 1. The lowest BCUT2D eigenvalue weighted by Gasteiger charge is -2.36. The van der Waals surface area contributed by atoms with Gasteiger partial charge in [0, 0.05) is 5.54 Å². The molecule has 0 spiro atoms. The molecule has 1 N–H and O–H groups in total. The van der Waals surface area contributed by atoms with E-state index in [9.17, 15) is 13.2 Å². The van der Waals surface area contributed by atoms with E-state index in [1.54, 1.807) is 0 Å². The molecule has 2 aliphatic rings. The minimum atomic E-state index is -3.04. The summed E-state index contributed by atoms with van der Waals surface area (Å²) < 4.78 is 23.1. The van der Waals surface area contributed by atoms with E-state index in [1.165, 1.54) is 0 Å². The molecule has 92 valence electrons. The summed E-state index contributed by atoms with van der Waals surface area (Å²) in [6, 6.07) is 0. The highest BCUT2D eigenvalue weighted by Crippen LogP contribution is 2.35. The molecule has 0 aromatic heterocycles. The van der Waals surface area contributed by atoms with Gasteiger partial charge in [-0.15, -0.1) is 0 Å². The molecular formula is C10H17NO4S. The van der Waals surface area contributed by atoms with Crippen molar-refractivity contribution in [2.75, 3.05) is 24.6 Å². The zero-order valence-corrected chi connectivity index (χ0v) is 10.0. The fraction of sp³-hybridized carbons (Fsp3) is 0.900. The number of aliphatic carboxylic acids is 1. The maximum Gasteiger partial charge on any atom is 0.305 e. The average molecular weight is 247 g/mol. The van der Waals surface area contributed by atoms with Crippen molar-refractivity contribution in [3.8, 4) is 0 Å². The van der Waals surface area contributed by atoms with Gasteiger partial charge in [-0.2, -0.15) is 0 Å². The van der Waals surface area contributed by atoms with Gasteiger partial charge in [-0.1, -0.05) is 0 Å². The van der Waals surface area contributed by atoms with Gasteiger partial charge in [0.2, 0.25) is 0 Å². The van der Waals surface area contributed by atoms with Gasteiger partial charge in [-0.3, -0.25) is 9.69 Å². The van der Waals surface area contributed by atoms with Gasteiger partial charge in [0.1, 0.15) is 0 Å². The van der Waals surface area contributed by atoms with Crippen LogP contribution in [0.25, 0.3) is 0 Å². The van der Waals surface area contributed by atoms with E-state index in [-0.39, 0.29) is 17.9 Å². The molecule has 6 heteroatoms. The summed E-state index contributed by atoms with van der Waals surface area (Å²) in [4.78, 5) is 13.0. The fourth-order valence-corrected chi connectivity index (χ4v) is 4.96.